The minimum atomic E-state index is 0.425. The first-order valence-corrected chi connectivity index (χ1v) is 8.73. The SMILES string of the molecule is COc1ccc([C@@H](CCN(C)N)Cc2ccc3[nH]c(C)cc3c2)cc1. The smallest absolute Gasteiger partial charge is 0.118 e. The van der Waals surface area contributed by atoms with E-state index in [-0.39, 0.29) is 0 Å². The van der Waals surface area contributed by atoms with E-state index in [1.807, 2.05) is 19.2 Å². The van der Waals surface area contributed by atoms with Crippen LogP contribution in [0.3, 0.4) is 0 Å². The highest BCUT2D eigenvalue weighted by molar-refractivity contribution is 5.81. The molecule has 0 unspecified atom stereocenters. The molecule has 0 amide bonds. The van der Waals surface area contributed by atoms with Crippen LogP contribution in [0.5, 0.6) is 5.75 Å². The zero-order valence-corrected chi connectivity index (χ0v) is 15.3. The van der Waals surface area contributed by atoms with E-state index in [0.717, 1.165) is 25.1 Å². The van der Waals surface area contributed by atoms with Crippen LogP contribution in [-0.2, 0) is 6.42 Å². The maximum atomic E-state index is 5.84. The Morgan fingerprint density at radius 2 is 1.88 bits per heavy atom. The van der Waals surface area contributed by atoms with E-state index < -0.39 is 0 Å². The molecule has 0 saturated heterocycles. The number of nitrogens with one attached hydrogen (secondary N) is 1. The molecule has 3 rings (SSSR count). The molecular weight excluding hydrogens is 310 g/mol. The first-order valence-electron chi connectivity index (χ1n) is 8.73. The number of fused-ring (bicyclic) bond motifs is 1. The van der Waals surface area contributed by atoms with Gasteiger partial charge in [-0.25, -0.2) is 0 Å². The fourth-order valence-corrected chi connectivity index (χ4v) is 3.36. The van der Waals surface area contributed by atoms with Crippen LogP contribution in [0.1, 0.15) is 29.2 Å². The average molecular weight is 337 g/mol. The highest BCUT2D eigenvalue weighted by atomic mass is 16.5. The first kappa shape index (κ1) is 17.5. The van der Waals surface area contributed by atoms with Crippen molar-refractivity contribution < 1.29 is 4.74 Å². The van der Waals surface area contributed by atoms with Crippen LogP contribution in [0.15, 0.2) is 48.5 Å². The van der Waals surface area contributed by atoms with Crippen LogP contribution in [0.2, 0.25) is 0 Å². The molecule has 1 aromatic heterocycles. The molecule has 4 heteroatoms. The van der Waals surface area contributed by atoms with Crippen LogP contribution in [0, 0.1) is 6.92 Å². The lowest BCUT2D eigenvalue weighted by Gasteiger charge is -2.20. The second-order valence-corrected chi connectivity index (χ2v) is 6.82. The maximum Gasteiger partial charge on any atom is 0.118 e. The molecular formula is C21H27N3O. The summed E-state index contributed by atoms with van der Waals surface area (Å²) >= 11 is 0. The van der Waals surface area contributed by atoms with E-state index in [1.54, 1.807) is 12.1 Å². The Bertz CT molecular complexity index is 821. The molecule has 2 aromatic carbocycles. The summed E-state index contributed by atoms with van der Waals surface area (Å²) in [5, 5.41) is 3.04. The second kappa shape index (κ2) is 7.72. The number of methoxy groups -OCH3 is 1. The van der Waals surface area contributed by atoms with Crippen molar-refractivity contribution in [3.63, 3.8) is 0 Å². The molecule has 3 aromatic rings. The van der Waals surface area contributed by atoms with Crippen LogP contribution in [-0.4, -0.2) is 30.7 Å². The van der Waals surface area contributed by atoms with Gasteiger partial charge < -0.3 is 9.72 Å². The van der Waals surface area contributed by atoms with E-state index in [2.05, 4.69) is 48.3 Å². The van der Waals surface area contributed by atoms with E-state index >= 15 is 0 Å². The lowest BCUT2D eigenvalue weighted by atomic mass is 9.89. The van der Waals surface area contributed by atoms with Gasteiger partial charge >= 0.3 is 0 Å². The molecule has 0 aliphatic carbocycles. The molecule has 1 atom stereocenters. The molecule has 0 bridgehead atoms. The number of hydrogen-bond acceptors (Lipinski definition) is 3. The van der Waals surface area contributed by atoms with Crippen LogP contribution in [0.4, 0.5) is 0 Å². The Labute approximate surface area is 149 Å². The zero-order chi connectivity index (χ0) is 17.8. The molecule has 0 fully saturated rings. The zero-order valence-electron chi connectivity index (χ0n) is 15.3. The number of aromatic amines is 1. The summed E-state index contributed by atoms with van der Waals surface area (Å²) < 4.78 is 5.28. The van der Waals surface area contributed by atoms with Gasteiger partial charge in [-0.15, -0.1) is 0 Å². The third-order valence-electron chi connectivity index (χ3n) is 4.72. The summed E-state index contributed by atoms with van der Waals surface area (Å²) in [4.78, 5) is 3.39. The molecule has 0 aliphatic heterocycles. The van der Waals surface area contributed by atoms with E-state index in [1.165, 1.54) is 27.7 Å². The Morgan fingerprint density at radius 3 is 2.56 bits per heavy atom. The van der Waals surface area contributed by atoms with Crippen molar-refractivity contribution in [3.8, 4) is 5.75 Å². The summed E-state index contributed by atoms with van der Waals surface area (Å²) in [6.45, 7) is 2.96. The fraction of sp³-hybridized carbons (Fsp3) is 0.333. The number of aromatic nitrogens is 1. The molecule has 0 aliphatic rings. The number of nitrogens with zero attached hydrogens (tertiary/aromatic N) is 1. The van der Waals surface area contributed by atoms with E-state index in [9.17, 15) is 0 Å². The Kier molecular flexibility index (Phi) is 5.41. The van der Waals surface area contributed by atoms with Gasteiger partial charge in [0.25, 0.3) is 0 Å². The number of nitrogens with two attached hydrogens (primary N) is 1. The molecule has 0 radical (unpaired) electrons. The van der Waals surface area contributed by atoms with Crippen molar-refractivity contribution in [2.75, 3.05) is 20.7 Å². The van der Waals surface area contributed by atoms with Gasteiger partial charge in [0.05, 0.1) is 7.11 Å². The molecule has 1 heterocycles. The molecule has 0 spiro atoms. The largest absolute Gasteiger partial charge is 0.497 e. The van der Waals surface area contributed by atoms with E-state index in [4.69, 9.17) is 10.6 Å². The topological polar surface area (TPSA) is 54.3 Å². The Balaban J connectivity index is 1.83. The van der Waals surface area contributed by atoms with E-state index in [0.29, 0.717) is 5.92 Å². The summed E-state index contributed by atoms with van der Waals surface area (Å²) in [5.74, 6) is 7.16. The monoisotopic (exact) mass is 337 g/mol. The average Bonchev–Trinajstić information content (AvgIpc) is 2.98. The van der Waals surface area contributed by atoms with Gasteiger partial charge in [-0.1, -0.05) is 18.2 Å². The van der Waals surface area contributed by atoms with Crippen molar-refractivity contribution in [1.82, 2.24) is 9.99 Å². The molecule has 4 nitrogen and oxygen atoms in total. The predicted octanol–water partition coefficient (Wildman–Crippen LogP) is 4.01. The second-order valence-electron chi connectivity index (χ2n) is 6.82. The van der Waals surface area contributed by atoms with Gasteiger partial charge in [-0.2, -0.15) is 0 Å². The third-order valence-corrected chi connectivity index (χ3v) is 4.72. The normalized spacial score (nSPS) is 12.7. The van der Waals surface area contributed by atoms with Crippen molar-refractivity contribution in [1.29, 1.82) is 0 Å². The van der Waals surface area contributed by atoms with Crippen molar-refractivity contribution in [2.45, 2.75) is 25.7 Å². The summed E-state index contributed by atoms with van der Waals surface area (Å²) in [6, 6.07) is 17.3. The number of aryl methyl sites for hydroxylation is 1. The molecule has 3 N–H and O–H groups in total. The highest BCUT2D eigenvalue weighted by Gasteiger charge is 2.14. The number of benzene rings is 2. The van der Waals surface area contributed by atoms with Crippen LogP contribution >= 0.6 is 0 Å². The van der Waals surface area contributed by atoms with Crippen molar-refractivity contribution >= 4 is 10.9 Å². The maximum absolute atomic E-state index is 5.84. The van der Waals surface area contributed by atoms with Gasteiger partial charge in [-0.3, -0.25) is 10.9 Å². The van der Waals surface area contributed by atoms with Crippen molar-refractivity contribution in [2.24, 2.45) is 5.84 Å². The Hall–Kier alpha value is -2.30. The minimum Gasteiger partial charge on any atom is -0.497 e. The lowest BCUT2D eigenvalue weighted by Crippen LogP contribution is -2.28. The van der Waals surface area contributed by atoms with Gasteiger partial charge in [0, 0.05) is 24.8 Å². The number of ether oxygens (including phenoxy) is 1. The summed E-state index contributed by atoms with van der Waals surface area (Å²) in [6.07, 6.45) is 2.02. The number of hydrogen-bond donors (Lipinski definition) is 2. The minimum absolute atomic E-state index is 0.425. The third kappa shape index (κ3) is 4.41. The van der Waals surface area contributed by atoms with Gasteiger partial charge in [0.15, 0.2) is 0 Å². The van der Waals surface area contributed by atoms with Gasteiger partial charge in [0.1, 0.15) is 5.75 Å². The van der Waals surface area contributed by atoms with Gasteiger partial charge in [0.2, 0.25) is 0 Å². The molecule has 25 heavy (non-hydrogen) atoms. The Morgan fingerprint density at radius 1 is 1.12 bits per heavy atom. The fourth-order valence-electron chi connectivity index (χ4n) is 3.36. The van der Waals surface area contributed by atoms with Crippen LogP contribution in [0.25, 0.3) is 10.9 Å². The molecule has 132 valence electrons. The van der Waals surface area contributed by atoms with Crippen LogP contribution < -0.4 is 10.6 Å². The standard InChI is InChI=1S/C21H27N3O/c1-15-12-19-14-16(4-9-21(19)23-15)13-18(10-11-24(2)22)17-5-7-20(25-3)8-6-17/h4-9,12,14,18,23H,10-11,13,22H2,1-3H3/t18-/m0/s1. The quantitative estimate of drug-likeness (QED) is 0.506. The lowest BCUT2D eigenvalue weighted by molar-refractivity contribution is 0.329. The van der Waals surface area contributed by atoms with Gasteiger partial charge in [-0.05, 0) is 72.5 Å². The predicted molar refractivity (Wildman–Crippen MR) is 104 cm³/mol. The number of hydrazine groups is 1. The summed E-state index contributed by atoms with van der Waals surface area (Å²) in [7, 11) is 3.61. The number of H-pyrrole nitrogens is 1. The highest BCUT2D eigenvalue weighted by Crippen LogP contribution is 2.28. The first-order chi connectivity index (χ1) is 12.0. The number of rotatable bonds is 7. The van der Waals surface area contributed by atoms with Crippen molar-refractivity contribution in [3.05, 3.63) is 65.4 Å². The summed E-state index contributed by atoms with van der Waals surface area (Å²) in [5.41, 5.74) is 5.08. The molecule has 0 saturated carbocycles.